The van der Waals surface area contributed by atoms with Gasteiger partial charge < -0.3 is 15.5 Å². The second-order valence-electron chi connectivity index (χ2n) is 5.74. The lowest BCUT2D eigenvalue weighted by Gasteiger charge is -2.26. The van der Waals surface area contributed by atoms with Crippen molar-refractivity contribution in [3.63, 3.8) is 0 Å². The number of amides is 1. The summed E-state index contributed by atoms with van der Waals surface area (Å²) in [6.07, 6.45) is 3.96. The number of nitrogens with zero attached hydrogens (tertiary/aromatic N) is 1. The zero-order valence-corrected chi connectivity index (χ0v) is 14.4. The monoisotopic (exact) mass is 343 g/mol. The van der Waals surface area contributed by atoms with Gasteiger partial charge in [-0.05, 0) is 57.6 Å². The Hall–Kier alpha value is -0.810. The van der Waals surface area contributed by atoms with Crippen molar-refractivity contribution in [2.24, 2.45) is 0 Å². The van der Waals surface area contributed by atoms with Crippen molar-refractivity contribution in [2.45, 2.75) is 31.7 Å². The molecule has 1 aromatic rings. The first-order valence-electron chi connectivity index (χ1n) is 7.72. The molecule has 0 bridgehead atoms. The molecule has 1 aromatic carbocycles. The van der Waals surface area contributed by atoms with Crippen LogP contribution in [0.4, 0.5) is 5.69 Å². The minimum absolute atomic E-state index is 0.0391. The van der Waals surface area contributed by atoms with Crippen molar-refractivity contribution < 1.29 is 4.79 Å². The van der Waals surface area contributed by atoms with Crippen LogP contribution in [0.15, 0.2) is 18.2 Å². The topological polar surface area (TPSA) is 44.4 Å². The highest BCUT2D eigenvalue weighted by molar-refractivity contribution is 6.35. The van der Waals surface area contributed by atoms with E-state index in [1.54, 1.807) is 18.2 Å². The number of carbonyl (C=O) groups is 1. The Kier molecular flexibility index (Phi) is 6.96. The molecule has 122 valence electrons. The number of benzene rings is 1. The Bertz CT molecular complexity index is 502. The van der Waals surface area contributed by atoms with Gasteiger partial charge in [0.25, 0.3) is 0 Å². The van der Waals surface area contributed by atoms with Crippen LogP contribution in [-0.4, -0.2) is 43.5 Å². The summed E-state index contributed by atoms with van der Waals surface area (Å²) >= 11 is 12.0. The SMILES string of the molecule is CN(CCC(=O)Nc1cc(Cl)ccc1Cl)C1CCCNCC1. The van der Waals surface area contributed by atoms with Gasteiger partial charge in [0.2, 0.25) is 5.91 Å². The fourth-order valence-corrected chi connectivity index (χ4v) is 3.04. The fraction of sp³-hybridized carbons (Fsp3) is 0.562. The summed E-state index contributed by atoms with van der Waals surface area (Å²) in [5.74, 6) is -0.0391. The van der Waals surface area contributed by atoms with E-state index in [2.05, 4.69) is 22.6 Å². The maximum Gasteiger partial charge on any atom is 0.225 e. The van der Waals surface area contributed by atoms with Crippen LogP contribution < -0.4 is 10.6 Å². The summed E-state index contributed by atoms with van der Waals surface area (Å²) in [6.45, 7) is 2.89. The average Bonchev–Trinajstić information content (AvgIpc) is 2.78. The molecule has 0 radical (unpaired) electrons. The molecule has 1 unspecified atom stereocenters. The fourth-order valence-electron chi connectivity index (χ4n) is 2.71. The first kappa shape index (κ1) is 17.5. The highest BCUT2D eigenvalue weighted by atomic mass is 35.5. The normalized spacial score (nSPS) is 19.0. The van der Waals surface area contributed by atoms with E-state index in [1.807, 2.05) is 0 Å². The second kappa shape index (κ2) is 8.73. The van der Waals surface area contributed by atoms with Gasteiger partial charge in [-0.15, -0.1) is 0 Å². The van der Waals surface area contributed by atoms with Crippen LogP contribution in [0.5, 0.6) is 0 Å². The van der Waals surface area contributed by atoms with E-state index in [-0.39, 0.29) is 5.91 Å². The van der Waals surface area contributed by atoms with E-state index in [0.29, 0.717) is 28.2 Å². The number of halogens is 2. The largest absolute Gasteiger partial charge is 0.325 e. The van der Waals surface area contributed by atoms with Gasteiger partial charge in [-0.1, -0.05) is 23.2 Å². The molecule has 22 heavy (non-hydrogen) atoms. The van der Waals surface area contributed by atoms with Crippen LogP contribution in [0.3, 0.4) is 0 Å². The molecule has 2 N–H and O–H groups in total. The molecule has 0 saturated carbocycles. The molecule has 0 aromatic heterocycles. The molecule has 0 aliphatic carbocycles. The maximum absolute atomic E-state index is 12.1. The first-order chi connectivity index (χ1) is 10.6. The van der Waals surface area contributed by atoms with E-state index in [4.69, 9.17) is 23.2 Å². The summed E-state index contributed by atoms with van der Waals surface area (Å²) in [7, 11) is 2.09. The molecular weight excluding hydrogens is 321 g/mol. The summed E-state index contributed by atoms with van der Waals surface area (Å²) in [5.41, 5.74) is 0.570. The third-order valence-corrected chi connectivity index (χ3v) is 4.63. The Balaban J connectivity index is 1.80. The predicted octanol–water partition coefficient (Wildman–Crippen LogP) is 3.40. The lowest BCUT2D eigenvalue weighted by Crippen LogP contribution is -2.34. The van der Waals surface area contributed by atoms with Crippen molar-refractivity contribution in [3.8, 4) is 0 Å². The minimum Gasteiger partial charge on any atom is -0.325 e. The van der Waals surface area contributed by atoms with Crippen molar-refractivity contribution in [1.82, 2.24) is 10.2 Å². The van der Waals surface area contributed by atoms with Crippen molar-refractivity contribution in [3.05, 3.63) is 28.2 Å². The van der Waals surface area contributed by atoms with E-state index < -0.39 is 0 Å². The van der Waals surface area contributed by atoms with Crippen molar-refractivity contribution in [2.75, 3.05) is 32.0 Å². The Morgan fingerprint density at radius 2 is 2.18 bits per heavy atom. The zero-order chi connectivity index (χ0) is 15.9. The van der Waals surface area contributed by atoms with Gasteiger partial charge in [0.15, 0.2) is 0 Å². The maximum atomic E-state index is 12.1. The standard InChI is InChI=1S/C16H23Cl2N3O/c1-21(13-3-2-8-19-9-6-13)10-7-16(22)20-15-11-12(17)4-5-14(15)18/h4-5,11,13,19H,2-3,6-10H2,1H3,(H,20,22). The molecule has 1 fully saturated rings. The molecule has 4 nitrogen and oxygen atoms in total. The average molecular weight is 344 g/mol. The minimum atomic E-state index is -0.0391. The van der Waals surface area contributed by atoms with Crippen molar-refractivity contribution >= 4 is 34.8 Å². The molecule has 1 saturated heterocycles. The first-order valence-corrected chi connectivity index (χ1v) is 8.47. The lowest BCUT2D eigenvalue weighted by molar-refractivity contribution is -0.116. The summed E-state index contributed by atoms with van der Waals surface area (Å²) < 4.78 is 0. The van der Waals surface area contributed by atoms with E-state index in [1.165, 1.54) is 12.8 Å². The number of hydrogen-bond acceptors (Lipinski definition) is 3. The molecule has 1 aliphatic heterocycles. The van der Waals surface area contributed by atoms with Crippen LogP contribution in [-0.2, 0) is 4.79 Å². The molecule has 1 heterocycles. The highest BCUT2D eigenvalue weighted by Gasteiger charge is 2.17. The lowest BCUT2D eigenvalue weighted by atomic mass is 10.1. The molecule has 1 aliphatic rings. The van der Waals surface area contributed by atoms with Crippen LogP contribution in [0.1, 0.15) is 25.7 Å². The summed E-state index contributed by atoms with van der Waals surface area (Å²) in [6, 6.07) is 5.61. The Morgan fingerprint density at radius 1 is 1.36 bits per heavy atom. The smallest absolute Gasteiger partial charge is 0.225 e. The Morgan fingerprint density at radius 3 is 3.00 bits per heavy atom. The number of rotatable bonds is 5. The molecule has 2 rings (SSSR count). The molecule has 0 spiro atoms. The van der Waals surface area contributed by atoms with Gasteiger partial charge in [0, 0.05) is 24.0 Å². The third kappa shape index (κ3) is 5.43. The van der Waals surface area contributed by atoms with Crippen LogP contribution >= 0.6 is 23.2 Å². The van der Waals surface area contributed by atoms with E-state index in [0.717, 1.165) is 26.1 Å². The van der Waals surface area contributed by atoms with Gasteiger partial charge in [-0.3, -0.25) is 4.79 Å². The number of carbonyl (C=O) groups excluding carboxylic acids is 1. The molecule has 1 amide bonds. The van der Waals surface area contributed by atoms with Gasteiger partial charge in [0.1, 0.15) is 0 Å². The molecule has 6 heteroatoms. The van der Waals surface area contributed by atoms with Crippen LogP contribution in [0, 0.1) is 0 Å². The number of anilines is 1. The zero-order valence-electron chi connectivity index (χ0n) is 12.9. The summed E-state index contributed by atoms with van der Waals surface area (Å²) in [4.78, 5) is 14.4. The number of hydrogen-bond donors (Lipinski definition) is 2. The van der Waals surface area contributed by atoms with Crippen molar-refractivity contribution in [1.29, 1.82) is 0 Å². The molecular formula is C16H23Cl2N3O. The van der Waals surface area contributed by atoms with Gasteiger partial charge >= 0.3 is 0 Å². The molecule has 1 atom stereocenters. The predicted molar refractivity (Wildman–Crippen MR) is 92.8 cm³/mol. The third-order valence-electron chi connectivity index (χ3n) is 4.06. The number of nitrogens with one attached hydrogen (secondary N) is 2. The van der Waals surface area contributed by atoms with E-state index >= 15 is 0 Å². The Labute approximate surface area is 142 Å². The van der Waals surface area contributed by atoms with Gasteiger partial charge in [0.05, 0.1) is 10.7 Å². The van der Waals surface area contributed by atoms with E-state index in [9.17, 15) is 4.79 Å². The second-order valence-corrected chi connectivity index (χ2v) is 6.58. The summed E-state index contributed by atoms with van der Waals surface area (Å²) in [5, 5.41) is 7.29. The van der Waals surface area contributed by atoms with Gasteiger partial charge in [-0.2, -0.15) is 0 Å². The van der Waals surface area contributed by atoms with Crippen LogP contribution in [0.25, 0.3) is 0 Å². The van der Waals surface area contributed by atoms with Crippen LogP contribution in [0.2, 0.25) is 10.0 Å². The highest BCUT2D eigenvalue weighted by Crippen LogP contribution is 2.25. The van der Waals surface area contributed by atoms with Gasteiger partial charge in [-0.25, -0.2) is 0 Å². The quantitative estimate of drug-likeness (QED) is 0.861.